The average Bonchev–Trinajstić information content (AvgIpc) is 3.49. The van der Waals surface area contributed by atoms with Crippen LogP contribution in [0.3, 0.4) is 0 Å². The van der Waals surface area contributed by atoms with Crippen molar-refractivity contribution in [3.63, 3.8) is 0 Å². The van der Waals surface area contributed by atoms with E-state index in [-0.39, 0.29) is 21.4 Å². The zero-order valence-corrected chi connectivity index (χ0v) is 19.1. The molecule has 1 saturated heterocycles. The zero-order valence-electron chi connectivity index (χ0n) is 16.6. The van der Waals surface area contributed by atoms with Gasteiger partial charge in [0.25, 0.3) is 11.6 Å². The highest BCUT2D eigenvalue weighted by Gasteiger charge is 2.30. The lowest BCUT2D eigenvalue weighted by Gasteiger charge is -2.16. The molecule has 0 saturated carbocycles. The Morgan fingerprint density at radius 2 is 1.91 bits per heavy atom. The molecule has 0 bridgehead atoms. The summed E-state index contributed by atoms with van der Waals surface area (Å²) >= 11 is 2.31. The van der Waals surface area contributed by atoms with E-state index >= 15 is 0 Å². The predicted octanol–water partition coefficient (Wildman–Crippen LogP) is 4.24. The standard InChI is InChI=1S/C20H18N4O5S3/c25-19(22-20-21-9-12-30-20)15-5-1-2-6-17(15)31-18-8-7-14(13-16(18)24(26)27)32(28,29)23-10-3-4-11-23/h1-2,5-9,12-13H,3-4,10-11H2,(H,21,22,25). The molecule has 4 rings (SSSR count). The molecule has 32 heavy (non-hydrogen) atoms. The molecule has 1 aromatic heterocycles. The van der Waals surface area contributed by atoms with Gasteiger partial charge in [-0.3, -0.25) is 20.2 Å². The Balaban J connectivity index is 1.65. The van der Waals surface area contributed by atoms with E-state index in [9.17, 15) is 23.3 Å². The number of benzene rings is 2. The number of nitro benzene ring substituents is 1. The molecule has 1 N–H and O–H groups in total. The summed E-state index contributed by atoms with van der Waals surface area (Å²) in [5.74, 6) is -0.390. The molecule has 0 unspecified atom stereocenters. The van der Waals surface area contributed by atoms with E-state index in [0.29, 0.717) is 28.7 Å². The molecule has 1 aliphatic rings. The van der Waals surface area contributed by atoms with Gasteiger partial charge in [0.1, 0.15) is 0 Å². The third-order valence-corrected chi connectivity index (χ3v) is 8.56. The number of thiazole rings is 1. The van der Waals surface area contributed by atoms with Crippen LogP contribution in [0.1, 0.15) is 23.2 Å². The molecule has 1 amide bonds. The van der Waals surface area contributed by atoms with Gasteiger partial charge in [-0.1, -0.05) is 23.9 Å². The van der Waals surface area contributed by atoms with Crippen molar-refractivity contribution in [1.82, 2.24) is 9.29 Å². The smallest absolute Gasteiger partial charge is 0.284 e. The second kappa shape index (κ2) is 9.36. The maximum absolute atomic E-state index is 12.8. The van der Waals surface area contributed by atoms with Crippen molar-refractivity contribution in [1.29, 1.82) is 0 Å². The minimum atomic E-state index is -3.79. The molecule has 0 atom stereocenters. The highest BCUT2D eigenvalue weighted by molar-refractivity contribution is 7.99. The molecule has 1 fully saturated rings. The first-order chi connectivity index (χ1) is 15.4. The van der Waals surface area contributed by atoms with E-state index in [1.165, 1.54) is 27.8 Å². The van der Waals surface area contributed by atoms with Crippen LogP contribution in [0, 0.1) is 10.1 Å². The van der Waals surface area contributed by atoms with Crippen LogP contribution in [0.5, 0.6) is 0 Å². The van der Waals surface area contributed by atoms with Crippen LogP contribution >= 0.6 is 23.1 Å². The Hall–Kier alpha value is -2.80. The number of nitrogens with one attached hydrogen (secondary N) is 1. The van der Waals surface area contributed by atoms with E-state index in [1.54, 1.807) is 35.8 Å². The van der Waals surface area contributed by atoms with Crippen molar-refractivity contribution in [3.8, 4) is 0 Å². The maximum Gasteiger partial charge on any atom is 0.284 e. The number of nitrogens with zero attached hydrogens (tertiary/aromatic N) is 3. The van der Waals surface area contributed by atoms with E-state index in [4.69, 9.17) is 0 Å². The number of rotatable bonds is 7. The lowest BCUT2D eigenvalue weighted by Crippen LogP contribution is -2.27. The largest absolute Gasteiger partial charge is 0.298 e. The predicted molar refractivity (Wildman–Crippen MR) is 122 cm³/mol. The van der Waals surface area contributed by atoms with Crippen LogP contribution in [0.4, 0.5) is 10.8 Å². The van der Waals surface area contributed by atoms with Crippen LogP contribution in [0.2, 0.25) is 0 Å². The van der Waals surface area contributed by atoms with E-state index in [1.807, 2.05) is 0 Å². The van der Waals surface area contributed by atoms with Gasteiger partial charge >= 0.3 is 0 Å². The van der Waals surface area contributed by atoms with Gasteiger partial charge in [-0.25, -0.2) is 13.4 Å². The zero-order chi connectivity index (χ0) is 22.7. The number of amides is 1. The Kier molecular flexibility index (Phi) is 6.55. The van der Waals surface area contributed by atoms with Gasteiger partial charge in [0.15, 0.2) is 5.13 Å². The maximum atomic E-state index is 12.8. The second-order valence-corrected chi connectivity index (χ2v) is 10.8. The molecular weight excluding hydrogens is 472 g/mol. The lowest BCUT2D eigenvalue weighted by atomic mass is 10.2. The Morgan fingerprint density at radius 1 is 1.16 bits per heavy atom. The molecule has 0 spiro atoms. The fraction of sp³-hybridized carbons (Fsp3) is 0.200. The molecule has 0 radical (unpaired) electrons. The number of carbonyl (C=O) groups is 1. The molecular formula is C20H18N4O5S3. The summed E-state index contributed by atoms with van der Waals surface area (Å²) < 4.78 is 27.0. The van der Waals surface area contributed by atoms with Crippen LogP contribution in [-0.2, 0) is 10.0 Å². The minimum absolute atomic E-state index is 0.106. The normalized spacial score (nSPS) is 14.4. The van der Waals surface area contributed by atoms with Crippen molar-refractivity contribution < 1.29 is 18.1 Å². The summed E-state index contributed by atoms with van der Waals surface area (Å²) in [4.78, 5) is 28.5. The molecule has 2 heterocycles. The Bertz CT molecular complexity index is 1260. The van der Waals surface area contributed by atoms with Crippen molar-refractivity contribution in [2.75, 3.05) is 18.4 Å². The van der Waals surface area contributed by atoms with Crippen molar-refractivity contribution in [3.05, 3.63) is 69.7 Å². The SMILES string of the molecule is O=C(Nc1nccs1)c1ccccc1Sc1ccc(S(=O)(=O)N2CCCC2)cc1[N+](=O)[O-]. The van der Waals surface area contributed by atoms with Crippen molar-refractivity contribution >= 4 is 49.8 Å². The number of aromatic nitrogens is 1. The Labute approximate surface area is 192 Å². The summed E-state index contributed by atoms with van der Waals surface area (Å²) in [6, 6.07) is 10.6. The number of hydrogen-bond acceptors (Lipinski definition) is 8. The van der Waals surface area contributed by atoms with Gasteiger partial charge in [-0.15, -0.1) is 11.3 Å². The Morgan fingerprint density at radius 3 is 2.59 bits per heavy atom. The summed E-state index contributed by atoms with van der Waals surface area (Å²) in [7, 11) is -3.79. The first-order valence-electron chi connectivity index (χ1n) is 9.62. The summed E-state index contributed by atoms with van der Waals surface area (Å²) in [6.45, 7) is 0.822. The highest BCUT2D eigenvalue weighted by atomic mass is 32.2. The quantitative estimate of drug-likeness (QED) is 0.388. The first-order valence-corrected chi connectivity index (χ1v) is 12.8. The van der Waals surface area contributed by atoms with Gasteiger partial charge in [0.05, 0.1) is 20.3 Å². The van der Waals surface area contributed by atoms with Gasteiger partial charge in [-0.2, -0.15) is 4.31 Å². The van der Waals surface area contributed by atoms with Gasteiger partial charge < -0.3 is 0 Å². The van der Waals surface area contributed by atoms with Crippen LogP contribution in [0.25, 0.3) is 0 Å². The number of nitro groups is 1. The second-order valence-electron chi connectivity index (χ2n) is 6.89. The molecule has 3 aromatic rings. The topological polar surface area (TPSA) is 123 Å². The summed E-state index contributed by atoms with van der Waals surface area (Å²) in [5, 5.41) is 16.6. The fourth-order valence-electron chi connectivity index (χ4n) is 3.28. The number of carbonyl (C=O) groups excluding carboxylic acids is 1. The van der Waals surface area contributed by atoms with E-state index < -0.39 is 14.9 Å². The third-order valence-electron chi connectivity index (χ3n) is 4.83. The summed E-state index contributed by atoms with van der Waals surface area (Å²) in [5.41, 5.74) is 0.00108. The number of hydrogen-bond donors (Lipinski definition) is 1. The molecule has 9 nitrogen and oxygen atoms in total. The van der Waals surface area contributed by atoms with Crippen molar-refractivity contribution in [2.24, 2.45) is 0 Å². The lowest BCUT2D eigenvalue weighted by molar-refractivity contribution is -0.388. The molecule has 1 aliphatic heterocycles. The minimum Gasteiger partial charge on any atom is -0.298 e. The number of sulfonamides is 1. The molecule has 12 heteroatoms. The monoisotopic (exact) mass is 490 g/mol. The molecule has 0 aliphatic carbocycles. The molecule has 166 valence electrons. The van der Waals surface area contributed by atoms with Gasteiger partial charge in [0.2, 0.25) is 10.0 Å². The average molecular weight is 491 g/mol. The van der Waals surface area contributed by atoms with E-state index in [0.717, 1.165) is 30.7 Å². The third kappa shape index (κ3) is 4.67. The van der Waals surface area contributed by atoms with Crippen molar-refractivity contribution in [2.45, 2.75) is 27.5 Å². The van der Waals surface area contributed by atoms with Crippen LogP contribution in [0.15, 0.2) is 68.7 Å². The fourth-order valence-corrected chi connectivity index (χ4v) is 6.37. The molecule has 2 aromatic carbocycles. The summed E-state index contributed by atoms with van der Waals surface area (Å²) in [6.07, 6.45) is 3.12. The first kappa shape index (κ1) is 22.4. The van der Waals surface area contributed by atoms with Gasteiger partial charge in [-0.05, 0) is 37.1 Å². The van der Waals surface area contributed by atoms with Crippen LogP contribution < -0.4 is 5.32 Å². The van der Waals surface area contributed by atoms with Gasteiger partial charge in [0, 0.05) is 35.6 Å². The number of anilines is 1. The van der Waals surface area contributed by atoms with E-state index in [2.05, 4.69) is 10.3 Å². The highest BCUT2D eigenvalue weighted by Crippen LogP contribution is 2.38. The van der Waals surface area contributed by atoms with Crippen LogP contribution in [-0.4, -0.2) is 41.6 Å².